The zero-order valence-corrected chi connectivity index (χ0v) is 17.3. The van der Waals surface area contributed by atoms with E-state index in [0.717, 1.165) is 61.1 Å². The van der Waals surface area contributed by atoms with E-state index in [0.29, 0.717) is 6.42 Å². The van der Waals surface area contributed by atoms with Gasteiger partial charge in [0, 0.05) is 41.2 Å². The first-order valence-corrected chi connectivity index (χ1v) is 10.6. The Labute approximate surface area is 164 Å². The SMILES string of the molecule is Cc1nc([C@@]2(C)CCCN(Cc3cscn3)C2)nc2c1CC(=O)N2C(C)C. The highest BCUT2D eigenvalue weighted by Crippen LogP contribution is 2.37. The summed E-state index contributed by atoms with van der Waals surface area (Å²) in [6.45, 7) is 11.2. The van der Waals surface area contributed by atoms with Gasteiger partial charge in [0.25, 0.3) is 0 Å². The van der Waals surface area contributed by atoms with Crippen molar-refractivity contribution in [2.75, 3.05) is 18.0 Å². The van der Waals surface area contributed by atoms with Crippen LogP contribution in [-0.4, -0.2) is 44.9 Å². The lowest BCUT2D eigenvalue weighted by Gasteiger charge is -2.39. The molecule has 144 valence electrons. The molecule has 0 bridgehead atoms. The molecule has 4 rings (SSSR count). The minimum atomic E-state index is -0.109. The summed E-state index contributed by atoms with van der Waals surface area (Å²) in [6.07, 6.45) is 2.60. The van der Waals surface area contributed by atoms with Crippen molar-refractivity contribution in [3.05, 3.63) is 33.7 Å². The average molecular weight is 386 g/mol. The van der Waals surface area contributed by atoms with E-state index in [1.165, 1.54) is 0 Å². The van der Waals surface area contributed by atoms with Crippen molar-refractivity contribution < 1.29 is 4.79 Å². The van der Waals surface area contributed by atoms with Gasteiger partial charge < -0.3 is 0 Å². The number of carbonyl (C=O) groups is 1. The molecule has 0 saturated carbocycles. The van der Waals surface area contributed by atoms with Gasteiger partial charge in [0.2, 0.25) is 5.91 Å². The van der Waals surface area contributed by atoms with Crippen LogP contribution >= 0.6 is 11.3 Å². The van der Waals surface area contributed by atoms with Gasteiger partial charge in [-0.1, -0.05) is 6.92 Å². The summed E-state index contributed by atoms with van der Waals surface area (Å²) in [5.41, 5.74) is 4.86. The third-order valence-corrected chi connectivity index (χ3v) is 6.35. The maximum absolute atomic E-state index is 12.5. The molecule has 2 aromatic heterocycles. The normalized spacial score (nSPS) is 23.3. The van der Waals surface area contributed by atoms with Gasteiger partial charge in [-0.3, -0.25) is 14.6 Å². The fraction of sp³-hybridized carbons (Fsp3) is 0.600. The number of amides is 1. The lowest BCUT2D eigenvalue weighted by atomic mass is 9.80. The third kappa shape index (κ3) is 3.38. The molecule has 0 spiro atoms. The molecule has 1 amide bonds. The maximum Gasteiger partial charge on any atom is 0.233 e. The van der Waals surface area contributed by atoms with E-state index in [4.69, 9.17) is 9.97 Å². The van der Waals surface area contributed by atoms with E-state index in [-0.39, 0.29) is 17.4 Å². The molecule has 2 aliphatic heterocycles. The molecular formula is C20H27N5OS. The number of aryl methyl sites for hydroxylation is 1. The number of thiazole rings is 1. The molecule has 0 unspecified atom stereocenters. The lowest BCUT2D eigenvalue weighted by Crippen LogP contribution is -2.45. The summed E-state index contributed by atoms with van der Waals surface area (Å²) in [4.78, 5) is 31.0. The van der Waals surface area contributed by atoms with E-state index in [2.05, 4.69) is 22.2 Å². The number of piperidine rings is 1. The van der Waals surface area contributed by atoms with Gasteiger partial charge in [0.05, 0.1) is 17.6 Å². The topological polar surface area (TPSA) is 62.2 Å². The number of hydrogen-bond donors (Lipinski definition) is 0. The van der Waals surface area contributed by atoms with Crippen LogP contribution in [0.1, 0.15) is 56.4 Å². The van der Waals surface area contributed by atoms with E-state index in [9.17, 15) is 4.79 Å². The highest BCUT2D eigenvalue weighted by molar-refractivity contribution is 7.07. The maximum atomic E-state index is 12.5. The van der Waals surface area contributed by atoms with Crippen LogP contribution in [-0.2, 0) is 23.2 Å². The number of nitrogens with zero attached hydrogens (tertiary/aromatic N) is 5. The quantitative estimate of drug-likeness (QED) is 0.809. The predicted molar refractivity (Wildman–Crippen MR) is 107 cm³/mol. The van der Waals surface area contributed by atoms with Gasteiger partial charge in [-0.25, -0.2) is 15.0 Å². The van der Waals surface area contributed by atoms with Crippen molar-refractivity contribution in [1.82, 2.24) is 19.9 Å². The molecule has 0 aromatic carbocycles. The standard InChI is InChI=1S/C20H27N5OS/c1-13(2)25-17(26)8-16-14(3)22-19(23-18(16)25)20(4)6-5-7-24(11-20)9-15-10-27-12-21-15/h10,12-13H,5-9,11H2,1-4H3/t20-/m0/s1. The fourth-order valence-electron chi connectivity index (χ4n) is 4.35. The molecule has 1 saturated heterocycles. The van der Waals surface area contributed by atoms with Crippen molar-refractivity contribution in [1.29, 1.82) is 0 Å². The number of carbonyl (C=O) groups excluding carboxylic acids is 1. The molecule has 2 aromatic rings. The number of likely N-dealkylation sites (tertiary alicyclic amines) is 1. The minimum absolute atomic E-state index is 0.109. The Bertz CT molecular complexity index is 850. The summed E-state index contributed by atoms with van der Waals surface area (Å²) in [7, 11) is 0. The predicted octanol–water partition coefficient (Wildman–Crippen LogP) is 3.09. The van der Waals surface area contributed by atoms with Crippen LogP contribution in [0, 0.1) is 6.92 Å². The molecule has 1 atom stereocenters. The summed E-state index contributed by atoms with van der Waals surface area (Å²) in [5.74, 6) is 1.84. The molecule has 7 heteroatoms. The Morgan fingerprint density at radius 3 is 2.85 bits per heavy atom. The number of fused-ring (bicyclic) bond motifs is 1. The van der Waals surface area contributed by atoms with Crippen molar-refractivity contribution in [3.8, 4) is 0 Å². The van der Waals surface area contributed by atoms with E-state index in [1.807, 2.05) is 31.2 Å². The second-order valence-electron chi connectivity index (χ2n) is 8.32. The number of anilines is 1. The first-order chi connectivity index (χ1) is 12.9. The van der Waals surface area contributed by atoms with Gasteiger partial charge >= 0.3 is 0 Å². The largest absolute Gasteiger partial charge is 0.296 e. The van der Waals surface area contributed by atoms with Crippen molar-refractivity contribution in [2.45, 2.75) is 65.0 Å². The molecule has 0 N–H and O–H groups in total. The first-order valence-electron chi connectivity index (χ1n) is 9.67. The van der Waals surface area contributed by atoms with Crippen molar-refractivity contribution >= 4 is 23.1 Å². The first kappa shape index (κ1) is 18.5. The fourth-order valence-corrected chi connectivity index (χ4v) is 4.90. The third-order valence-electron chi connectivity index (χ3n) is 5.72. The van der Waals surface area contributed by atoms with Crippen LogP contribution in [0.2, 0.25) is 0 Å². The van der Waals surface area contributed by atoms with Crippen LogP contribution in [0.3, 0.4) is 0 Å². The lowest BCUT2D eigenvalue weighted by molar-refractivity contribution is -0.117. The van der Waals surface area contributed by atoms with Crippen LogP contribution in [0.15, 0.2) is 10.9 Å². The highest BCUT2D eigenvalue weighted by atomic mass is 32.1. The molecule has 0 aliphatic carbocycles. The molecule has 1 fully saturated rings. The van der Waals surface area contributed by atoms with Gasteiger partial charge in [0.15, 0.2) is 0 Å². The molecular weight excluding hydrogens is 358 g/mol. The Hall–Kier alpha value is -1.86. The summed E-state index contributed by atoms with van der Waals surface area (Å²) >= 11 is 1.64. The Kier molecular flexibility index (Phi) is 4.76. The molecule has 2 aliphatic rings. The van der Waals surface area contributed by atoms with Crippen LogP contribution in [0.25, 0.3) is 0 Å². The molecule has 0 radical (unpaired) electrons. The van der Waals surface area contributed by atoms with E-state index < -0.39 is 0 Å². The van der Waals surface area contributed by atoms with Crippen molar-refractivity contribution in [3.63, 3.8) is 0 Å². The Morgan fingerprint density at radius 1 is 1.33 bits per heavy atom. The number of hydrogen-bond acceptors (Lipinski definition) is 6. The summed E-state index contributed by atoms with van der Waals surface area (Å²) in [5, 5.41) is 2.12. The molecule has 27 heavy (non-hydrogen) atoms. The van der Waals surface area contributed by atoms with Crippen LogP contribution in [0.4, 0.5) is 5.82 Å². The van der Waals surface area contributed by atoms with Crippen LogP contribution in [0.5, 0.6) is 0 Å². The monoisotopic (exact) mass is 385 g/mol. The second kappa shape index (κ2) is 6.95. The van der Waals surface area contributed by atoms with Gasteiger partial charge in [-0.2, -0.15) is 0 Å². The Morgan fingerprint density at radius 2 is 2.15 bits per heavy atom. The average Bonchev–Trinajstić information content (AvgIpc) is 3.22. The minimum Gasteiger partial charge on any atom is -0.296 e. The zero-order valence-electron chi connectivity index (χ0n) is 16.5. The van der Waals surface area contributed by atoms with Gasteiger partial charge in [-0.05, 0) is 40.2 Å². The molecule has 4 heterocycles. The Balaban J connectivity index is 1.64. The zero-order chi connectivity index (χ0) is 19.2. The van der Waals surface area contributed by atoms with Gasteiger partial charge in [-0.15, -0.1) is 11.3 Å². The van der Waals surface area contributed by atoms with Crippen LogP contribution < -0.4 is 4.90 Å². The number of aromatic nitrogens is 3. The summed E-state index contributed by atoms with van der Waals surface area (Å²) < 4.78 is 0. The van der Waals surface area contributed by atoms with Crippen molar-refractivity contribution in [2.24, 2.45) is 0 Å². The highest BCUT2D eigenvalue weighted by Gasteiger charge is 2.39. The number of rotatable bonds is 4. The van der Waals surface area contributed by atoms with E-state index in [1.54, 1.807) is 11.3 Å². The van der Waals surface area contributed by atoms with Gasteiger partial charge in [0.1, 0.15) is 11.6 Å². The molecule has 6 nitrogen and oxygen atoms in total. The smallest absolute Gasteiger partial charge is 0.233 e. The summed E-state index contributed by atoms with van der Waals surface area (Å²) in [6, 6.07) is 0.112. The second-order valence-corrected chi connectivity index (χ2v) is 9.04. The van der Waals surface area contributed by atoms with E-state index >= 15 is 0 Å².